The summed E-state index contributed by atoms with van der Waals surface area (Å²) in [6, 6.07) is 5.19. The molecule has 3 nitrogen and oxygen atoms in total. The third-order valence-corrected chi connectivity index (χ3v) is 4.83. The zero-order valence-corrected chi connectivity index (χ0v) is 12.4. The highest BCUT2D eigenvalue weighted by Gasteiger charge is 2.26. The summed E-state index contributed by atoms with van der Waals surface area (Å²) >= 11 is 0. The van der Waals surface area contributed by atoms with Crippen molar-refractivity contribution in [3.05, 3.63) is 29.6 Å². The molecule has 2 heterocycles. The number of benzene rings is 1. The van der Waals surface area contributed by atoms with Crippen LogP contribution in [0, 0.1) is 5.82 Å². The predicted molar refractivity (Wildman–Crippen MR) is 82.4 cm³/mol. The van der Waals surface area contributed by atoms with Crippen LogP contribution in [0.25, 0.3) is 0 Å². The Morgan fingerprint density at radius 1 is 1.05 bits per heavy atom. The standard InChI is InChI=1S/C17H23FN2O/c18-15-4-5-17(14(12-15)13-21)20-10-6-16(7-11-20)19-8-2-1-3-9-19/h4-5,12-13,16H,1-3,6-11H2. The highest BCUT2D eigenvalue weighted by molar-refractivity contribution is 5.84. The zero-order chi connectivity index (χ0) is 14.7. The summed E-state index contributed by atoms with van der Waals surface area (Å²) in [5.41, 5.74) is 1.34. The Bertz CT molecular complexity index is 492. The van der Waals surface area contributed by atoms with Crippen LogP contribution in [0.15, 0.2) is 18.2 Å². The Kier molecular flexibility index (Phi) is 4.54. The summed E-state index contributed by atoms with van der Waals surface area (Å²) in [6.45, 7) is 4.38. The molecule has 0 atom stereocenters. The van der Waals surface area contributed by atoms with E-state index >= 15 is 0 Å². The molecular weight excluding hydrogens is 267 g/mol. The van der Waals surface area contributed by atoms with Crippen molar-refractivity contribution >= 4 is 12.0 Å². The van der Waals surface area contributed by atoms with Gasteiger partial charge in [0.2, 0.25) is 0 Å². The summed E-state index contributed by atoms with van der Waals surface area (Å²) in [5, 5.41) is 0. The number of anilines is 1. The molecule has 21 heavy (non-hydrogen) atoms. The first-order valence-corrected chi connectivity index (χ1v) is 8.01. The minimum absolute atomic E-state index is 0.343. The van der Waals surface area contributed by atoms with E-state index in [1.165, 1.54) is 44.5 Å². The molecule has 2 aliphatic rings. The second-order valence-electron chi connectivity index (χ2n) is 6.14. The Morgan fingerprint density at radius 2 is 1.76 bits per heavy atom. The summed E-state index contributed by atoms with van der Waals surface area (Å²) in [7, 11) is 0. The van der Waals surface area contributed by atoms with Crippen molar-refractivity contribution in [2.75, 3.05) is 31.1 Å². The summed E-state index contributed by atoms with van der Waals surface area (Å²) in [5.74, 6) is -0.343. The lowest BCUT2D eigenvalue weighted by atomic mass is 9.99. The molecule has 1 aromatic rings. The number of carbonyl (C=O) groups excluding carboxylic acids is 1. The third-order valence-electron chi connectivity index (χ3n) is 4.83. The van der Waals surface area contributed by atoms with Crippen molar-refractivity contribution in [1.82, 2.24) is 4.90 Å². The number of rotatable bonds is 3. The number of hydrogen-bond donors (Lipinski definition) is 0. The van der Waals surface area contributed by atoms with E-state index in [2.05, 4.69) is 9.80 Å². The molecule has 1 aromatic carbocycles. The van der Waals surface area contributed by atoms with Crippen LogP contribution in [0.1, 0.15) is 42.5 Å². The zero-order valence-electron chi connectivity index (χ0n) is 12.4. The number of halogens is 1. The van der Waals surface area contributed by atoms with E-state index in [9.17, 15) is 9.18 Å². The smallest absolute Gasteiger partial charge is 0.152 e. The lowest BCUT2D eigenvalue weighted by molar-refractivity contribution is 0.112. The molecule has 4 heteroatoms. The normalized spacial score (nSPS) is 21.5. The van der Waals surface area contributed by atoms with Crippen LogP contribution in [0.4, 0.5) is 10.1 Å². The van der Waals surface area contributed by atoms with Gasteiger partial charge in [-0.3, -0.25) is 4.79 Å². The van der Waals surface area contributed by atoms with Crippen molar-refractivity contribution in [2.24, 2.45) is 0 Å². The molecule has 2 saturated heterocycles. The van der Waals surface area contributed by atoms with E-state index in [0.29, 0.717) is 11.6 Å². The van der Waals surface area contributed by atoms with Crippen LogP contribution in [0.3, 0.4) is 0 Å². The lowest BCUT2D eigenvalue weighted by Gasteiger charge is -2.41. The first-order valence-electron chi connectivity index (χ1n) is 8.01. The molecule has 0 N–H and O–H groups in total. The van der Waals surface area contributed by atoms with Crippen LogP contribution < -0.4 is 4.90 Å². The van der Waals surface area contributed by atoms with Gasteiger partial charge in [0.25, 0.3) is 0 Å². The molecule has 0 spiro atoms. The van der Waals surface area contributed by atoms with Gasteiger partial charge in [-0.25, -0.2) is 4.39 Å². The van der Waals surface area contributed by atoms with E-state index in [1.54, 1.807) is 6.07 Å². The number of nitrogens with zero attached hydrogens (tertiary/aromatic N) is 2. The van der Waals surface area contributed by atoms with Crippen LogP contribution >= 0.6 is 0 Å². The molecule has 2 fully saturated rings. The van der Waals surface area contributed by atoms with Crippen LogP contribution in [0.5, 0.6) is 0 Å². The fourth-order valence-corrected chi connectivity index (χ4v) is 3.66. The second kappa shape index (κ2) is 6.56. The van der Waals surface area contributed by atoms with Crippen molar-refractivity contribution in [2.45, 2.75) is 38.1 Å². The van der Waals surface area contributed by atoms with Gasteiger partial charge < -0.3 is 9.80 Å². The van der Waals surface area contributed by atoms with Gasteiger partial charge in [-0.05, 0) is 57.0 Å². The van der Waals surface area contributed by atoms with Crippen molar-refractivity contribution in [3.63, 3.8) is 0 Å². The van der Waals surface area contributed by atoms with E-state index in [-0.39, 0.29) is 5.82 Å². The van der Waals surface area contributed by atoms with Gasteiger partial charge in [-0.15, -0.1) is 0 Å². The fourth-order valence-electron chi connectivity index (χ4n) is 3.66. The molecule has 0 bridgehead atoms. The number of carbonyl (C=O) groups is 1. The van der Waals surface area contributed by atoms with Crippen LogP contribution in [-0.2, 0) is 0 Å². The Hall–Kier alpha value is -1.42. The van der Waals surface area contributed by atoms with Gasteiger partial charge in [-0.2, -0.15) is 0 Å². The fraction of sp³-hybridized carbons (Fsp3) is 0.588. The molecule has 0 aliphatic carbocycles. The van der Waals surface area contributed by atoms with Crippen LogP contribution in [-0.4, -0.2) is 43.4 Å². The maximum atomic E-state index is 13.2. The largest absolute Gasteiger partial charge is 0.371 e. The first-order chi connectivity index (χ1) is 10.3. The minimum Gasteiger partial charge on any atom is -0.371 e. The summed E-state index contributed by atoms with van der Waals surface area (Å²) < 4.78 is 13.2. The number of piperidine rings is 2. The van der Waals surface area contributed by atoms with Gasteiger partial charge in [0, 0.05) is 30.4 Å². The highest BCUT2D eigenvalue weighted by atomic mass is 19.1. The van der Waals surface area contributed by atoms with E-state index in [1.807, 2.05) is 0 Å². The monoisotopic (exact) mass is 290 g/mol. The molecule has 0 saturated carbocycles. The van der Waals surface area contributed by atoms with E-state index in [4.69, 9.17) is 0 Å². The highest BCUT2D eigenvalue weighted by Crippen LogP contribution is 2.27. The molecule has 3 rings (SSSR count). The SMILES string of the molecule is O=Cc1cc(F)ccc1N1CCC(N2CCCCC2)CC1. The Labute approximate surface area is 125 Å². The molecule has 0 amide bonds. The molecule has 0 aromatic heterocycles. The molecular formula is C17H23FN2O. The average molecular weight is 290 g/mol. The number of hydrogen-bond acceptors (Lipinski definition) is 3. The third kappa shape index (κ3) is 3.26. The first kappa shape index (κ1) is 14.5. The van der Waals surface area contributed by atoms with Gasteiger partial charge in [0.15, 0.2) is 6.29 Å². The van der Waals surface area contributed by atoms with Gasteiger partial charge in [0.05, 0.1) is 0 Å². The minimum atomic E-state index is -0.343. The van der Waals surface area contributed by atoms with Gasteiger partial charge in [0.1, 0.15) is 5.82 Å². The topological polar surface area (TPSA) is 23.6 Å². The van der Waals surface area contributed by atoms with Gasteiger partial charge in [-0.1, -0.05) is 6.42 Å². The van der Waals surface area contributed by atoms with Crippen molar-refractivity contribution in [3.8, 4) is 0 Å². The Morgan fingerprint density at radius 3 is 2.43 bits per heavy atom. The average Bonchev–Trinajstić information content (AvgIpc) is 2.56. The Balaban J connectivity index is 1.64. The maximum Gasteiger partial charge on any atom is 0.152 e. The molecule has 2 aliphatic heterocycles. The summed E-state index contributed by atoms with van der Waals surface area (Å²) in [6.07, 6.45) is 7.05. The molecule has 0 radical (unpaired) electrons. The number of aldehydes is 1. The van der Waals surface area contributed by atoms with Crippen molar-refractivity contribution < 1.29 is 9.18 Å². The number of likely N-dealkylation sites (tertiary alicyclic amines) is 1. The maximum absolute atomic E-state index is 13.2. The van der Waals surface area contributed by atoms with Crippen LogP contribution in [0.2, 0.25) is 0 Å². The van der Waals surface area contributed by atoms with E-state index < -0.39 is 0 Å². The quantitative estimate of drug-likeness (QED) is 0.799. The van der Waals surface area contributed by atoms with Gasteiger partial charge >= 0.3 is 0 Å². The summed E-state index contributed by atoms with van der Waals surface area (Å²) in [4.78, 5) is 16.0. The molecule has 0 unspecified atom stereocenters. The molecule has 114 valence electrons. The predicted octanol–water partition coefficient (Wildman–Crippen LogP) is 3.09. The lowest BCUT2D eigenvalue weighted by Crippen LogP contribution is -2.46. The van der Waals surface area contributed by atoms with Crippen molar-refractivity contribution in [1.29, 1.82) is 0 Å². The second-order valence-corrected chi connectivity index (χ2v) is 6.14. The van der Waals surface area contributed by atoms with E-state index in [0.717, 1.165) is 37.9 Å².